The van der Waals surface area contributed by atoms with Crippen LogP contribution in [0.2, 0.25) is 5.02 Å². The zero-order chi connectivity index (χ0) is 22.4. The van der Waals surface area contributed by atoms with Crippen LogP contribution in [0, 0.1) is 5.82 Å². The van der Waals surface area contributed by atoms with Gasteiger partial charge in [0, 0.05) is 24.7 Å². The lowest BCUT2D eigenvalue weighted by molar-refractivity contribution is 0.237. The second-order valence-corrected chi connectivity index (χ2v) is 10.8. The van der Waals surface area contributed by atoms with Gasteiger partial charge in [-0.1, -0.05) is 44.5 Å². The second kappa shape index (κ2) is 7.96. The van der Waals surface area contributed by atoms with E-state index in [1.165, 1.54) is 6.07 Å². The molecule has 2 heterocycles. The third kappa shape index (κ3) is 4.35. The number of halogens is 2. The van der Waals surface area contributed by atoms with E-state index in [9.17, 15) is 12.8 Å². The summed E-state index contributed by atoms with van der Waals surface area (Å²) in [5, 5.41) is 7.41. The molecule has 0 bridgehead atoms. The molecule has 166 valence electrons. The number of hydrogen-bond acceptors (Lipinski definition) is 6. The summed E-state index contributed by atoms with van der Waals surface area (Å²) >= 11 is 6.03. The van der Waals surface area contributed by atoms with Crippen LogP contribution in [0.4, 0.5) is 10.1 Å². The molecule has 3 N–H and O–H groups in total. The average molecular weight is 466 g/mol. The number of sulfonamides is 1. The Balaban J connectivity index is 1.68. The highest BCUT2D eigenvalue weighted by Gasteiger charge is 2.33. The number of hydrazone groups is 1. The normalized spacial score (nSPS) is 17.2. The first-order chi connectivity index (χ1) is 14.6. The molecule has 0 spiro atoms. The second-order valence-electron chi connectivity index (χ2n) is 8.73. The quantitative estimate of drug-likeness (QED) is 0.631. The maximum atomic E-state index is 14.3. The van der Waals surface area contributed by atoms with E-state index >= 15 is 0 Å². The number of nitrogens with one attached hydrogen (secondary N) is 3. The Hall–Kier alpha value is -2.36. The van der Waals surface area contributed by atoms with Crippen molar-refractivity contribution in [2.24, 2.45) is 5.10 Å². The fourth-order valence-electron chi connectivity index (χ4n) is 3.49. The minimum atomic E-state index is -3.95. The fourth-order valence-corrected chi connectivity index (χ4v) is 4.72. The van der Waals surface area contributed by atoms with Crippen LogP contribution in [0.25, 0.3) is 0 Å². The van der Waals surface area contributed by atoms with Crippen LogP contribution in [-0.4, -0.2) is 45.0 Å². The van der Waals surface area contributed by atoms with Crippen molar-refractivity contribution < 1.29 is 12.8 Å². The molecule has 2 aromatic carbocycles. The van der Waals surface area contributed by atoms with E-state index in [1.807, 2.05) is 4.90 Å². The third-order valence-electron chi connectivity index (χ3n) is 5.48. The third-order valence-corrected chi connectivity index (χ3v) is 7.15. The van der Waals surface area contributed by atoms with Gasteiger partial charge in [-0.15, -0.1) is 0 Å². The number of amidine groups is 1. The van der Waals surface area contributed by atoms with Crippen LogP contribution in [0.5, 0.6) is 0 Å². The molecule has 0 amide bonds. The summed E-state index contributed by atoms with van der Waals surface area (Å²) < 4.78 is 42.9. The van der Waals surface area contributed by atoms with Crippen LogP contribution in [-0.2, 0) is 15.4 Å². The van der Waals surface area contributed by atoms with Gasteiger partial charge in [0.05, 0.1) is 21.6 Å². The minimum absolute atomic E-state index is 0.0848. The van der Waals surface area contributed by atoms with E-state index < -0.39 is 15.8 Å². The first-order valence-electron chi connectivity index (χ1n) is 9.97. The van der Waals surface area contributed by atoms with E-state index in [1.54, 1.807) is 24.3 Å². The predicted octanol–water partition coefficient (Wildman–Crippen LogP) is 3.07. The summed E-state index contributed by atoms with van der Waals surface area (Å²) in [6.07, 6.45) is 0. The molecule has 10 heteroatoms. The summed E-state index contributed by atoms with van der Waals surface area (Å²) in [5.74, 6) is -0.191. The molecule has 2 aromatic rings. The minimum Gasteiger partial charge on any atom is -0.330 e. The first kappa shape index (κ1) is 21.9. The van der Waals surface area contributed by atoms with Gasteiger partial charge in [-0.2, -0.15) is 5.10 Å². The van der Waals surface area contributed by atoms with E-state index in [0.29, 0.717) is 18.1 Å². The molecule has 0 atom stereocenters. The molecule has 31 heavy (non-hydrogen) atoms. The highest BCUT2D eigenvalue weighted by atomic mass is 35.5. The van der Waals surface area contributed by atoms with Gasteiger partial charge in [-0.05, 0) is 29.2 Å². The lowest BCUT2D eigenvalue weighted by Gasteiger charge is -2.37. The first-order valence-corrected chi connectivity index (χ1v) is 11.8. The van der Waals surface area contributed by atoms with Crippen LogP contribution in [0.3, 0.4) is 0 Å². The summed E-state index contributed by atoms with van der Waals surface area (Å²) in [6, 6.07) is 9.39. The Morgan fingerprint density at radius 3 is 2.45 bits per heavy atom. The van der Waals surface area contributed by atoms with Crippen LogP contribution < -0.4 is 15.5 Å². The molecule has 2 aliphatic rings. The molecule has 0 unspecified atom stereocenters. The Morgan fingerprint density at radius 2 is 1.87 bits per heavy atom. The van der Waals surface area contributed by atoms with Crippen molar-refractivity contribution in [3.63, 3.8) is 0 Å². The molecular formula is C21H25ClFN5O2S. The molecule has 0 saturated carbocycles. The standard InChI is InChI=1S/C21H25ClFN5O2S/c1-21(2,3)13-4-6-15(7-5-13)31(29,30)27-19-9-18(23)17(22)8-16(19)20-26-25-12-28(20)14-10-24-11-14/h4-9,14,24-25,27H,10-12H2,1-3H3. The Bertz CT molecular complexity index is 1130. The largest absolute Gasteiger partial charge is 0.330 e. The molecule has 1 fully saturated rings. The Labute approximate surface area is 186 Å². The van der Waals surface area contributed by atoms with Gasteiger partial charge < -0.3 is 10.2 Å². The molecular weight excluding hydrogens is 441 g/mol. The van der Waals surface area contributed by atoms with Gasteiger partial charge in [0.15, 0.2) is 5.84 Å². The van der Waals surface area contributed by atoms with Crippen molar-refractivity contribution in [3.8, 4) is 0 Å². The van der Waals surface area contributed by atoms with E-state index in [0.717, 1.165) is 24.7 Å². The molecule has 0 aliphatic carbocycles. The summed E-state index contributed by atoms with van der Waals surface area (Å²) in [7, 11) is -3.95. The molecule has 7 nitrogen and oxygen atoms in total. The monoisotopic (exact) mass is 465 g/mol. The van der Waals surface area contributed by atoms with E-state index in [2.05, 4.69) is 41.3 Å². The van der Waals surface area contributed by atoms with Gasteiger partial charge in [0.2, 0.25) is 0 Å². The molecule has 0 radical (unpaired) electrons. The van der Waals surface area contributed by atoms with E-state index in [-0.39, 0.29) is 27.1 Å². The predicted molar refractivity (Wildman–Crippen MR) is 120 cm³/mol. The Kier molecular flexibility index (Phi) is 5.61. The zero-order valence-corrected chi connectivity index (χ0v) is 19.1. The molecule has 2 aliphatic heterocycles. The van der Waals surface area contributed by atoms with Crippen LogP contribution in [0.1, 0.15) is 31.9 Å². The van der Waals surface area contributed by atoms with Crippen LogP contribution >= 0.6 is 11.6 Å². The van der Waals surface area contributed by atoms with Crippen molar-refractivity contribution in [2.45, 2.75) is 37.1 Å². The van der Waals surface area contributed by atoms with Gasteiger partial charge in [-0.25, -0.2) is 12.8 Å². The zero-order valence-electron chi connectivity index (χ0n) is 17.5. The number of hydrogen-bond donors (Lipinski definition) is 3. The Morgan fingerprint density at radius 1 is 1.19 bits per heavy atom. The van der Waals surface area contributed by atoms with Crippen molar-refractivity contribution in [2.75, 3.05) is 24.5 Å². The topological polar surface area (TPSA) is 85.8 Å². The number of benzene rings is 2. The number of rotatable bonds is 5. The van der Waals surface area contributed by atoms with Gasteiger partial charge >= 0.3 is 0 Å². The van der Waals surface area contributed by atoms with Gasteiger partial charge in [0.1, 0.15) is 12.5 Å². The highest BCUT2D eigenvalue weighted by Crippen LogP contribution is 2.30. The summed E-state index contributed by atoms with van der Waals surface area (Å²) in [4.78, 5) is 2.10. The summed E-state index contributed by atoms with van der Waals surface area (Å²) in [5.41, 5.74) is 4.33. The lowest BCUT2D eigenvalue weighted by Crippen LogP contribution is -2.58. The van der Waals surface area contributed by atoms with Crippen LogP contribution in [0.15, 0.2) is 46.4 Å². The van der Waals surface area contributed by atoms with Crippen molar-refractivity contribution >= 4 is 33.1 Å². The molecule has 1 saturated heterocycles. The van der Waals surface area contributed by atoms with Gasteiger partial charge in [-0.3, -0.25) is 10.1 Å². The van der Waals surface area contributed by atoms with Crippen molar-refractivity contribution in [1.29, 1.82) is 0 Å². The van der Waals surface area contributed by atoms with E-state index in [4.69, 9.17) is 11.6 Å². The summed E-state index contributed by atoms with van der Waals surface area (Å²) in [6.45, 7) is 8.22. The van der Waals surface area contributed by atoms with Crippen molar-refractivity contribution in [3.05, 3.63) is 58.4 Å². The highest BCUT2D eigenvalue weighted by molar-refractivity contribution is 7.92. The fraction of sp³-hybridized carbons (Fsp3) is 0.381. The van der Waals surface area contributed by atoms with Gasteiger partial charge in [0.25, 0.3) is 10.0 Å². The maximum Gasteiger partial charge on any atom is 0.261 e. The lowest BCUT2D eigenvalue weighted by atomic mass is 9.87. The average Bonchev–Trinajstić information content (AvgIpc) is 3.11. The number of anilines is 1. The SMILES string of the molecule is CC(C)(C)c1ccc(S(=O)(=O)Nc2cc(F)c(Cl)cc2C2=NNCN2C2CNC2)cc1. The smallest absolute Gasteiger partial charge is 0.261 e. The van der Waals surface area contributed by atoms with Crippen molar-refractivity contribution in [1.82, 2.24) is 15.6 Å². The molecule has 4 rings (SSSR count). The maximum absolute atomic E-state index is 14.3. The molecule has 0 aromatic heterocycles. The number of nitrogens with zero attached hydrogens (tertiary/aromatic N) is 2.